The first-order chi connectivity index (χ1) is 8.58. The first kappa shape index (κ1) is 14.7. The molecule has 0 aliphatic carbocycles. The lowest BCUT2D eigenvalue weighted by atomic mass is 10.0. The summed E-state index contributed by atoms with van der Waals surface area (Å²) < 4.78 is 0. The molecule has 18 heavy (non-hydrogen) atoms. The monoisotopic (exact) mass is 282 g/mol. The van der Waals surface area contributed by atoms with Gasteiger partial charge in [-0.1, -0.05) is 12.1 Å². The van der Waals surface area contributed by atoms with Gasteiger partial charge in [0, 0.05) is 33.1 Å². The lowest BCUT2D eigenvalue weighted by Gasteiger charge is -2.07. The van der Waals surface area contributed by atoms with Crippen LogP contribution in [-0.4, -0.2) is 0 Å². The minimum absolute atomic E-state index is 0.830. The van der Waals surface area contributed by atoms with Crippen LogP contribution < -0.4 is 11.5 Å². The van der Waals surface area contributed by atoms with E-state index in [1.165, 1.54) is 11.1 Å². The molecule has 0 heterocycles. The number of benzene rings is 2. The van der Waals surface area contributed by atoms with Crippen LogP contribution in [0.5, 0.6) is 0 Å². The first-order valence-corrected chi connectivity index (χ1v) is 6.59. The fourth-order valence-corrected chi connectivity index (χ4v) is 1.71. The average molecular weight is 283 g/mol. The van der Waals surface area contributed by atoms with Crippen LogP contribution in [0.15, 0.2) is 36.4 Å². The number of rotatable bonds is 1. The van der Waals surface area contributed by atoms with E-state index in [4.69, 9.17) is 11.5 Å². The minimum atomic E-state index is 0.830. The van der Waals surface area contributed by atoms with E-state index in [2.05, 4.69) is 33.8 Å². The summed E-state index contributed by atoms with van der Waals surface area (Å²) >= 11 is 0. The lowest BCUT2D eigenvalue weighted by molar-refractivity contribution is 1.44. The van der Waals surface area contributed by atoms with Crippen molar-refractivity contribution in [1.82, 2.24) is 0 Å². The largest absolute Gasteiger partial charge is 0.399 e. The molecule has 0 fully saturated rings. The third kappa shape index (κ3) is 3.31. The van der Waals surface area contributed by atoms with Crippen molar-refractivity contribution >= 4 is 33.1 Å². The number of nitrogens with two attached hydrogens (primary N) is 2. The number of nitrogen functional groups attached to an aromatic ring is 2. The van der Waals surface area contributed by atoms with Crippen molar-refractivity contribution in [1.29, 1.82) is 0 Å². The van der Waals surface area contributed by atoms with Crippen LogP contribution in [0.25, 0.3) is 11.1 Å². The van der Waals surface area contributed by atoms with E-state index in [9.17, 15) is 0 Å². The second-order valence-corrected chi connectivity index (χ2v) is 4.14. The van der Waals surface area contributed by atoms with Crippen molar-refractivity contribution in [2.45, 2.75) is 13.8 Å². The van der Waals surface area contributed by atoms with Gasteiger partial charge in [0.2, 0.25) is 0 Å². The predicted octanol–water partition coefficient (Wildman–Crippen LogP) is 4.51. The van der Waals surface area contributed by atoms with E-state index in [-0.39, 0.29) is 0 Å². The molecular formula is C14H16Cl2N2. The molecule has 0 saturated heterocycles. The summed E-state index contributed by atoms with van der Waals surface area (Å²) in [7, 11) is 8.22. The Bertz CT molecular complexity index is 490. The van der Waals surface area contributed by atoms with Crippen molar-refractivity contribution in [3.63, 3.8) is 0 Å². The first-order valence-electron chi connectivity index (χ1n) is 5.45. The topological polar surface area (TPSA) is 52.0 Å². The molecule has 0 unspecified atom stereocenters. The van der Waals surface area contributed by atoms with Gasteiger partial charge in [0.1, 0.15) is 0 Å². The summed E-state index contributed by atoms with van der Waals surface area (Å²) in [4.78, 5) is 0. The molecule has 2 nitrogen and oxygen atoms in total. The normalized spacial score (nSPS) is 9.56. The molecule has 2 aromatic rings. The number of hydrogen-bond donors (Lipinski definition) is 2. The van der Waals surface area contributed by atoms with Gasteiger partial charge in [0.25, 0.3) is 0 Å². The molecule has 0 amide bonds. The smallest absolute Gasteiger partial charge is 0.0344 e. The van der Waals surface area contributed by atoms with Gasteiger partial charge in [0.15, 0.2) is 0 Å². The number of aryl methyl sites for hydroxylation is 2. The molecule has 4 heteroatoms. The molecule has 0 radical (unpaired) electrons. The Labute approximate surface area is 117 Å². The van der Waals surface area contributed by atoms with Crippen LogP contribution in [0.4, 0.5) is 11.4 Å². The van der Waals surface area contributed by atoms with Gasteiger partial charge in [-0.25, -0.2) is 0 Å². The van der Waals surface area contributed by atoms with E-state index in [0.717, 1.165) is 22.5 Å². The molecule has 0 spiro atoms. The summed E-state index contributed by atoms with van der Waals surface area (Å²) in [5.74, 6) is 0. The minimum Gasteiger partial charge on any atom is -0.399 e. The summed E-state index contributed by atoms with van der Waals surface area (Å²) in [6, 6.07) is 12.1. The summed E-state index contributed by atoms with van der Waals surface area (Å²) in [6.07, 6.45) is 0. The van der Waals surface area contributed by atoms with Crippen LogP contribution in [0.2, 0.25) is 0 Å². The van der Waals surface area contributed by atoms with Crippen LogP contribution in [0, 0.1) is 13.8 Å². The van der Waals surface area contributed by atoms with E-state index >= 15 is 0 Å². The summed E-state index contributed by atoms with van der Waals surface area (Å²) in [6.45, 7) is 4.03. The second-order valence-electron chi connectivity index (χ2n) is 4.14. The number of anilines is 2. The Morgan fingerprint density at radius 2 is 1.06 bits per heavy atom. The molecule has 0 bridgehead atoms. The van der Waals surface area contributed by atoms with Gasteiger partial charge < -0.3 is 11.5 Å². The molecular weight excluding hydrogens is 267 g/mol. The zero-order chi connectivity index (χ0) is 13.7. The van der Waals surface area contributed by atoms with Crippen LogP contribution in [0.3, 0.4) is 0 Å². The molecule has 0 aliphatic heterocycles. The Kier molecular flexibility index (Phi) is 5.32. The van der Waals surface area contributed by atoms with E-state index in [0.29, 0.717) is 0 Å². The second kappa shape index (κ2) is 6.53. The third-order valence-electron chi connectivity index (χ3n) is 2.87. The number of halogens is 2. The molecule has 0 atom stereocenters. The highest BCUT2D eigenvalue weighted by atomic mass is 36.5. The fraction of sp³-hybridized carbons (Fsp3) is 0.143. The zero-order valence-corrected chi connectivity index (χ0v) is 11.9. The highest BCUT2D eigenvalue weighted by molar-refractivity contribution is 6.85. The van der Waals surface area contributed by atoms with E-state index in [1.54, 1.807) is 0 Å². The van der Waals surface area contributed by atoms with Crippen LogP contribution in [-0.2, 0) is 0 Å². The maximum atomic E-state index is 5.80. The Morgan fingerprint density at radius 3 is 1.33 bits per heavy atom. The Hall–Kier alpha value is -1.38. The maximum Gasteiger partial charge on any atom is 0.0344 e. The average Bonchev–Trinajstić information content (AvgIpc) is 2.38. The maximum absolute atomic E-state index is 5.80. The van der Waals surface area contributed by atoms with Gasteiger partial charge >= 0.3 is 0 Å². The fourth-order valence-electron chi connectivity index (χ4n) is 1.71. The Morgan fingerprint density at radius 1 is 0.722 bits per heavy atom. The van der Waals surface area contributed by atoms with Crippen LogP contribution >= 0.6 is 21.7 Å². The van der Waals surface area contributed by atoms with Gasteiger partial charge in [-0.2, -0.15) is 0 Å². The van der Waals surface area contributed by atoms with Crippen molar-refractivity contribution in [2.24, 2.45) is 0 Å². The molecule has 96 valence electrons. The molecule has 4 N–H and O–H groups in total. The molecule has 0 saturated carbocycles. The molecule has 0 aromatic heterocycles. The summed E-state index contributed by atoms with van der Waals surface area (Å²) in [5, 5.41) is 0. The van der Waals surface area contributed by atoms with E-state index < -0.39 is 0 Å². The van der Waals surface area contributed by atoms with Crippen molar-refractivity contribution in [3.05, 3.63) is 47.5 Å². The highest BCUT2D eigenvalue weighted by Crippen LogP contribution is 2.25. The van der Waals surface area contributed by atoms with Crippen LogP contribution in [0.1, 0.15) is 11.1 Å². The lowest BCUT2D eigenvalue weighted by Crippen LogP contribution is -1.91. The molecule has 2 aromatic carbocycles. The standard InChI is InChI=1S/C14H16N2.Cl2/c1-9-7-11(3-5-13(9)15)12-4-6-14(16)10(2)8-12;1-2/h3-8H,15-16H2,1-2H3;. The highest BCUT2D eigenvalue weighted by Gasteiger charge is 2.01. The quantitative estimate of drug-likeness (QED) is 0.756. The molecule has 2 rings (SSSR count). The number of hydrogen-bond acceptors (Lipinski definition) is 2. The third-order valence-corrected chi connectivity index (χ3v) is 2.87. The SMILES string of the molecule is Cc1cc(-c2ccc(N)c(C)c2)ccc1N.ClCl. The van der Waals surface area contributed by atoms with Gasteiger partial charge in [-0.3, -0.25) is 0 Å². The van der Waals surface area contributed by atoms with Gasteiger partial charge in [-0.05, 0) is 60.4 Å². The molecule has 0 aliphatic rings. The van der Waals surface area contributed by atoms with Gasteiger partial charge in [-0.15, -0.1) is 0 Å². The van der Waals surface area contributed by atoms with Crippen molar-refractivity contribution < 1.29 is 0 Å². The predicted molar refractivity (Wildman–Crippen MR) is 81.9 cm³/mol. The zero-order valence-electron chi connectivity index (χ0n) is 10.4. The van der Waals surface area contributed by atoms with Crippen molar-refractivity contribution in [2.75, 3.05) is 11.5 Å². The Balaban J connectivity index is 0.000000771. The van der Waals surface area contributed by atoms with E-state index in [1.807, 2.05) is 38.1 Å². The van der Waals surface area contributed by atoms with Crippen molar-refractivity contribution in [3.8, 4) is 11.1 Å². The van der Waals surface area contributed by atoms with Gasteiger partial charge in [0.05, 0.1) is 0 Å². The summed E-state index contributed by atoms with van der Waals surface area (Å²) in [5.41, 5.74) is 17.8.